The lowest BCUT2D eigenvalue weighted by Crippen LogP contribution is -2.10. The third-order valence-corrected chi connectivity index (χ3v) is 3.48. The monoisotopic (exact) mass is 305 g/mol. The Morgan fingerprint density at radius 1 is 1.00 bits per heavy atom. The molecule has 0 N–H and O–H groups in total. The largest absolute Gasteiger partial charge is 0.462 e. The van der Waals surface area contributed by atoms with Gasteiger partial charge in [-0.1, -0.05) is 48.5 Å². The highest BCUT2D eigenvalue weighted by atomic mass is 16.5. The summed E-state index contributed by atoms with van der Waals surface area (Å²) in [6.07, 6.45) is 0. The van der Waals surface area contributed by atoms with E-state index in [0.29, 0.717) is 22.0 Å². The summed E-state index contributed by atoms with van der Waals surface area (Å²) >= 11 is 0. The van der Waals surface area contributed by atoms with Crippen LogP contribution >= 0.6 is 0 Å². The van der Waals surface area contributed by atoms with Gasteiger partial charge in [-0.2, -0.15) is 0 Å². The molecule has 0 amide bonds. The Balaban J connectivity index is 2.15. The molecular weight excluding hydrogens is 290 g/mol. The minimum absolute atomic E-state index is 0.220. The molecule has 1 heterocycles. The number of hydrogen-bond acceptors (Lipinski definition) is 4. The van der Waals surface area contributed by atoms with Crippen LogP contribution in [-0.2, 0) is 4.74 Å². The zero-order valence-electron chi connectivity index (χ0n) is 12.7. The number of para-hydroxylation sites is 1. The molecule has 2 aromatic carbocycles. The highest BCUT2D eigenvalue weighted by Crippen LogP contribution is 2.21. The van der Waals surface area contributed by atoms with Gasteiger partial charge in [0.2, 0.25) is 5.78 Å². The predicted molar refractivity (Wildman–Crippen MR) is 87.6 cm³/mol. The summed E-state index contributed by atoms with van der Waals surface area (Å²) in [4.78, 5) is 29.2. The first kappa shape index (κ1) is 14.9. The number of esters is 1. The van der Waals surface area contributed by atoms with Crippen molar-refractivity contribution in [2.45, 2.75) is 6.92 Å². The molecule has 0 aliphatic rings. The average Bonchev–Trinajstić information content (AvgIpc) is 2.61. The van der Waals surface area contributed by atoms with Gasteiger partial charge in [0.05, 0.1) is 17.7 Å². The molecule has 0 unspecified atom stereocenters. The van der Waals surface area contributed by atoms with Crippen LogP contribution in [-0.4, -0.2) is 23.3 Å². The molecule has 4 heteroatoms. The maximum atomic E-state index is 12.6. The minimum atomic E-state index is -0.451. The van der Waals surface area contributed by atoms with Crippen LogP contribution in [0.15, 0.2) is 60.7 Å². The number of benzene rings is 2. The fraction of sp³-hybridized carbons (Fsp3) is 0.105. The second-order valence-corrected chi connectivity index (χ2v) is 4.99. The van der Waals surface area contributed by atoms with Crippen molar-refractivity contribution < 1.29 is 14.3 Å². The first-order chi connectivity index (χ1) is 11.2. The third-order valence-electron chi connectivity index (χ3n) is 3.48. The van der Waals surface area contributed by atoms with Crippen LogP contribution in [0.4, 0.5) is 0 Å². The molecule has 0 saturated heterocycles. The van der Waals surface area contributed by atoms with Gasteiger partial charge in [0, 0.05) is 10.9 Å². The average molecular weight is 305 g/mol. The summed E-state index contributed by atoms with van der Waals surface area (Å²) < 4.78 is 5.10. The van der Waals surface area contributed by atoms with Crippen LogP contribution in [0.5, 0.6) is 0 Å². The lowest BCUT2D eigenvalue weighted by molar-refractivity contribution is 0.0528. The molecule has 0 saturated carbocycles. The van der Waals surface area contributed by atoms with E-state index in [1.165, 1.54) is 6.07 Å². The van der Waals surface area contributed by atoms with Gasteiger partial charge in [0.15, 0.2) is 0 Å². The molecule has 0 atom stereocenters. The molecule has 114 valence electrons. The lowest BCUT2D eigenvalue weighted by Gasteiger charge is -2.08. The second-order valence-electron chi connectivity index (χ2n) is 4.99. The smallest absolute Gasteiger partial charge is 0.338 e. The van der Waals surface area contributed by atoms with Crippen molar-refractivity contribution in [3.63, 3.8) is 0 Å². The molecule has 0 radical (unpaired) electrons. The van der Waals surface area contributed by atoms with Crippen LogP contribution in [0.2, 0.25) is 0 Å². The Morgan fingerprint density at radius 3 is 2.43 bits per heavy atom. The van der Waals surface area contributed by atoms with Crippen molar-refractivity contribution in [2.75, 3.05) is 6.61 Å². The number of rotatable bonds is 4. The van der Waals surface area contributed by atoms with Gasteiger partial charge in [0.25, 0.3) is 0 Å². The molecule has 23 heavy (non-hydrogen) atoms. The fourth-order valence-corrected chi connectivity index (χ4v) is 2.41. The summed E-state index contributed by atoms with van der Waals surface area (Å²) in [5, 5.41) is 0.676. The Kier molecular flexibility index (Phi) is 4.15. The summed E-state index contributed by atoms with van der Waals surface area (Å²) in [6.45, 7) is 2.02. The van der Waals surface area contributed by atoms with Crippen LogP contribution in [0.25, 0.3) is 10.9 Å². The van der Waals surface area contributed by atoms with E-state index in [2.05, 4.69) is 4.98 Å². The minimum Gasteiger partial charge on any atom is -0.462 e. The van der Waals surface area contributed by atoms with Crippen LogP contribution < -0.4 is 0 Å². The molecule has 3 aromatic rings. The standard InChI is InChI=1S/C19H15NO3/c1-2-23-19(22)15-12-17(18(21)13-8-4-3-5-9-13)20-16-11-7-6-10-14(15)16/h3-12H,2H2,1H3. The van der Waals surface area contributed by atoms with Crippen LogP contribution in [0.3, 0.4) is 0 Å². The van der Waals surface area contributed by atoms with Crippen LogP contribution in [0.1, 0.15) is 33.3 Å². The number of ketones is 1. The molecule has 3 rings (SSSR count). The first-order valence-corrected chi connectivity index (χ1v) is 7.37. The maximum absolute atomic E-state index is 12.6. The normalized spacial score (nSPS) is 10.5. The van der Waals surface area contributed by atoms with Crippen molar-refractivity contribution in [3.8, 4) is 0 Å². The van der Waals surface area contributed by atoms with E-state index in [1.54, 1.807) is 43.3 Å². The van der Waals surface area contributed by atoms with Gasteiger partial charge >= 0.3 is 5.97 Å². The molecule has 0 aliphatic carbocycles. The van der Waals surface area contributed by atoms with Crippen molar-refractivity contribution in [1.82, 2.24) is 4.98 Å². The highest BCUT2D eigenvalue weighted by Gasteiger charge is 2.18. The molecule has 0 aliphatic heterocycles. The quantitative estimate of drug-likeness (QED) is 0.545. The second kappa shape index (κ2) is 6.40. The Bertz CT molecular complexity index is 872. The Morgan fingerprint density at radius 2 is 1.70 bits per heavy atom. The first-order valence-electron chi connectivity index (χ1n) is 7.37. The number of hydrogen-bond donors (Lipinski definition) is 0. The van der Waals surface area contributed by atoms with Gasteiger partial charge in [-0.05, 0) is 19.1 Å². The highest BCUT2D eigenvalue weighted by molar-refractivity contribution is 6.11. The van der Waals surface area contributed by atoms with Gasteiger partial charge in [-0.25, -0.2) is 9.78 Å². The van der Waals surface area contributed by atoms with Crippen molar-refractivity contribution in [2.24, 2.45) is 0 Å². The van der Waals surface area contributed by atoms with Crippen LogP contribution in [0, 0.1) is 0 Å². The zero-order valence-corrected chi connectivity index (χ0v) is 12.7. The maximum Gasteiger partial charge on any atom is 0.338 e. The predicted octanol–water partition coefficient (Wildman–Crippen LogP) is 3.64. The Hall–Kier alpha value is -3.01. The number of fused-ring (bicyclic) bond motifs is 1. The van der Waals surface area contributed by atoms with Crippen molar-refractivity contribution in [3.05, 3.63) is 77.5 Å². The molecule has 0 bridgehead atoms. The molecule has 0 fully saturated rings. The van der Waals surface area contributed by atoms with Gasteiger partial charge in [-0.3, -0.25) is 4.79 Å². The number of nitrogens with zero attached hydrogens (tertiary/aromatic N) is 1. The summed E-state index contributed by atoms with van der Waals surface area (Å²) in [5.41, 5.74) is 1.72. The number of ether oxygens (including phenoxy) is 1. The SMILES string of the molecule is CCOC(=O)c1cc(C(=O)c2ccccc2)nc2ccccc12. The van der Waals surface area contributed by atoms with Crippen molar-refractivity contribution >= 4 is 22.7 Å². The molecule has 4 nitrogen and oxygen atoms in total. The van der Waals surface area contributed by atoms with E-state index in [9.17, 15) is 9.59 Å². The number of carbonyl (C=O) groups is 2. The fourth-order valence-electron chi connectivity index (χ4n) is 2.41. The third kappa shape index (κ3) is 2.97. The van der Waals surface area contributed by atoms with E-state index in [-0.39, 0.29) is 18.1 Å². The number of pyridine rings is 1. The number of carbonyl (C=O) groups excluding carboxylic acids is 2. The topological polar surface area (TPSA) is 56.3 Å². The zero-order chi connectivity index (χ0) is 16.2. The van der Waals surface area contributed by atoms with Gasteiger partial charge in [0.1, 0.15) is 5.69 Å². The van der Waals surface area contributed by atoms with E-state index in [1.807, 2.05) is 18.2 Å². The lowest BCUT2D eigenvalue weighted by atomic mass is 10.0. The molecular formula is C19H15NO3. The van der Waals surface area contributed by atoms with E-state index in [0.717, 1.165) is 0 Å². The van der Waals surface area contributed by atoms with E-state index in [4.69, 9.17) is 4.74 Å². The summed E-state index contributed by atoms with van der Waals surface area (Å²) in [7, 11) is 0. The Labute approximate surface area is 133 Å². The molecule has 1 aromatic heterocycles. The van der Waals surface area contributed by atoms with Gasteiger partial charge < -0.3 is 4.74 Å². The summed E-state index contributed by atoms with van der Waals surface area (Å²) in [5.74, 6) is -0.671. The van der Waals surface area contributed by atoms with E-state index >= 15 is 0 Å². The van der Waals surface area contributed by atoms with E-state index < -0.39 is 5.97 Å². The number of aromatic nitrogens is 1. The molecule has 0 spiro atoms. The van der Waals surface area contributed by atoms with Gasteiger partial charge in [-0.15, -0.1) is 0 Å². The van der Waals surface area contributed by atoms with Crippen molar-refractivity contribution in [1.29, 1.82) is 0 Å². The summed E-state index contributed by atoms with van der Waals surface area (Å²) in [6, 6.07) is 17.6.